The summed E-state index contributed by atoms with van der Waals surface area (Å²) in [7, 11) is 1.79. The number of rotatable bonds is 6. The Morgan fingerprint density at radius 3 is 2.96 bits per heavy atom. The standard InChI is InChI=1S/C20H25N3O3/c1-24-11-16-9-22(7-15-4-5-18-19(6-15)26-13-25-18)10-17-20(16)23(12-21-17)8-14-2-3-14/h4-6,12,14,16H,2-3,7-11,13H2,1H3/t16-/m1/s1. The quantitative estimate of drug-likeness (QED) is 0.797. The highest BCUT2D eigenvalue weighted by molar-refractivity contribution is 5.44. The van der Waals surface area contributed by atoms with E-state index in [1.54, 1.807) is 7.11 Å². The smallest absolute Gasteiger partial charge is 0.231 e. The number of nitrogens with zero attached hydrogens (tertiary/aromatic N) is 3. The number of benzene rings is 1. The molecule has 3 heterocycles. The molecule has 0 spiro atoms. The Balaban J connectivity index is 1.35. The number of hydrogen-bond donors (Lipinski definition) is 0. The third-order valence-corrected chi connectivity index (χ3v) is 5.56. The number of imidazole rings is 1. The molecule has 0 radical (unpaired) electrons. The summed E-state index contributed by atoms with van der Waals surface area (Å²) in [5.41, 5.74) is 3.84. The molecule has 0 bridgehead atoms. The lowest BCUT2D eigenvalue weighted by molar-refractivity contribution is 0.131. The third kappa shape index (κ3) is 3.08. The molecule has 1 aromatic carbocycles. The lowest BCUT2D eigenvalue weighted by Crippen LogP contribution is -2.36. The van der Waals surface area contributed by atoms with Crippen molar-refractivity contribution in [2.45, 2.75) is 38.4 Å². The third-order valence-electron chi connectivity index (χ3n) is 5.56. The Morgan fingerprint density at radius 1 is 1.23 bits per heavy atom. The van der Waals surface area contributed by atoms with Gasteiger partial charge in [-0.2, -0.15) is 0 Å². The molecule has 1 aliphatic carbocycles. The van der Waals surface area contributed by atoms with Gasteiger partial charge in [0.25, 0.3) is 0 Å². The molecule has 1 saturated carbocycles. The zero-order valence-electron chi connectivity index (χ0n) is 15.2. The van der Waals surface area contributed by atoms with E-state index in [2.05, 4.69) is 21.6 Å². The van der Waals surface area contributed by atoms with Crippen LogP contribution in [0.1, 0.15) is 35.7 Å². The van der Waals surface area contributed by atoms with E-state index >= 15 is 0 Å². The van der Waals surface area contributed by atoms with E-state index in [-0.39, 0.29) is 0 Å². The van der Waals surface area contributed by atoms with Crippen LogP contribution in [0.25, 0.3) is 0 Å². The van der Waals surface area contributed by atoms with Crippen molar-refractivity contribution < 1.29 is 14.2 Å². The van der Waals surface area contributed by atoms with Gasteiger partial charge in [0.2, 0.25) is 6.79 Å². The number of aromatic nitrogens is 2. The molecule has 6 heteroatoms. The van der Waals surface area contributed by atoms with Crippen molar-refractivity contribution >= 4 is 0 Å². The molecule has 5 rings (SSSR count). The Hall–Kier alpha value is -2.05. The van der Waals surface area contributed by atoms with Gasteiger partial charge in [0.05, 0.1) is 18.6 Å². The predicted molar refractivity (Wildman–Crippen MR) is 96.2 cm³/mol. The van der Waals surface area contributed by atoms with E-state index in [0.717, 1.165) is 50.2 Å². The fraction of sp³-hybridized carbons (Fsp3) is 0.550. The summed E-state index contributed by atoms with van der Waals surface area (Å²) < 4.78 is 18.8. The summed E-state index contributed by atoms with van der Waals surface area (Å²) in [6, 6.07) is 6.22. The Kier molecular flexibility index (Phi) is 4.10. The van der Waals surface area contributed by atoms with Crippen molar-refractivity contribution in [2.24, 2.45) is 5.92 Å². The lowest BCUT2D eigenvalue weighted by atomic mass is 9.98. The predicted octanol–water partition coefficient (Wildman–Crippen LogP) is 2.77. The number of fused-ring (bicyclic) bond motifs is 2. The number of methoxy groups -OCH3 is 1. The fourth-order valence-electron chi connectivity index (χ4n) is 4.17. The monoisotopic (exact) mass is 355 g/mol. The Bertz CT molecular complexity index is 800. The fourth-order valence-corrected chi connectivity index (χ4v) is 4.17. The maximum atomic E-state index is 5.54. The molecule has 138 valence electrons. The average molecular weight is 355 g/mol. The second kappa shape index (κ2) is 6.59. The molecule has 1 fully saturated rings. The van der Waals surface area contributed by atoms with Gasteiger partial charge in [0.1, 0.15) is 0 Å². The highest BCUT2D eigenvalue weighted by Crippen LogP contribution is 2.36. The van der Waals surface area contributed by atoms with Crippen molar-refractivity contribution in [2.75, 3.05) is 27.1 Å². The minimum atomic E-state index is 0.320. The number of hydrogen-bond acceptors (Lipinski definition) is 5. The zero-order valence-corrected chi connectivity index (χ0v) is 15.2. The van der Waals surface area contributed by atoms with Crippen LogP contribution in [-0.4, -0.2) is 41.5 Å². The van der Waals surface area contributed by atoms with Crippen LogP contribution in [0.4, 0.5) is 0 Å². The maximum Gasteiger partial charge on any atom is 0.231 e. The first kappa shape index (κ1) is 16.1. The van der Waals surface area contributed by atoms with E-state index in [0.29, 0.717) is 12.7 Å². The van der Waals surface area contributed by atoms with Crippen molar-refractivity contribution in [3.05, 3.63) is 41.5 Å². The second-order valence-corrected chi connectivity index (χ2v) is 7.68. The summed E-state index contributed by atoms with van der Waals surface area (Å²) >= 11 is 0. The van der Waals surface area contributed by atoms with Crippen molar-refractivity contribution in [3.8, 4) is 11.5 Å². The van der Waals surface area contributed by atoms with Crippen LogP contribution in [0.2, 0.25) is 0 Å². The van der Waals surface area contributed by atoms with Crippen molar-refractivity contribution in [1.29, 1.82) is 0 Å². The van der Waals surface area contributed by atoms with Crippen LogP contribution in [0.3, 0.4) is 0 Å². The van der Waals surface area contributed by atoms with Gasteiger partial charge >= 0.3 is 0 Å². The van der Waals surface area contributed by atoms with Crippen LogP contribution < -0.4 is 9.47 Å². The topological polar surface area (TPSA) is 48.8 Å². The molecular formula is C20H25N3O3. The van der Waals surface area contributed by atoms with E-state index in [4.69, 9.17) is 19.2 Å². The van der Waals surface area contributed by atoms with Crippen LogP contribution in [-0.2, 0) is 24.4 Å². The van der Waals surface area contributed by atoms with Crippen LogP contribution >= 0.6 is 0 Å². The lowest BCUT2D eigenvalue weighted by Gasteiger charge is -2.33. The van der Waals surface area contributed by atoms with Crippen molar-refractivity contribution in [3.63, 3.8) is 0 Å². The molecule has 26 heavy (non-hydrogen) atoms. The van der Waals surface area contributed by atoms with Gasteiger partial charge in [-0.25, -0.2) is 4.98 Å². The minimum absolute atomic E-state index is 0.320. The van der Waals surface area contributed by atoms with Crippen LogP contribution in [0.5, 0.6) is 11.5 Å². The summed E-state index contributed by atoms with van der Waals surface area (Å²) in [6.07, 6.45) is 4.76. The van der Waals surface area contributed by atoms with Gasteiger partial charge in [-0.15, -0.1) is 0 Å². The molecule has 1 aromatic heterocycles. The van der Waals surface area contributed by atoms with Gasteiger partial charge in [0, 0.05) is 44.9 Å². The van der Waals surface area contributed by atoms with Gasteiger partial charge in [-0.05, 0) is 36.5 Å². The van der Waals surface area contributed by atoms with E-state index in [1.165, 1.54) is 29.8 Å². The SMILES string of the molecule is COC[C@H]1CN(Cc2ccc3c(c2)OCO3)Cc2ncn(CC3CC3)c21. The van der Waals surface area contributed by atoms with E-state index in [1.807, 2.05) is 12.4 Å². The van der Waals surface area contributed by atoms with Gasteiger partial charge < -0.3 is 18.8 Å². The molecule has 0 amide bonds. The zero-order chi connectivity index (χ0) is 17.5. The highest BCUT2D eigenvalue weighted by atomic mass is 16.7. The first-order valence-electron chi connectivity index (χ1n) is 9.44. The molecule has 3 aliphatic rings. The van der Waals surface area contributed by atoms with E-state index < -0.39 is 0 Å². The largest absolute Gasteiger partial charge is 0.454 e. The molecule has 0 saturated heterocycles. The first-order valence-corrected chi connectivity index (χ1v) is 9.44. The number of ether oxygens (including phenoxy) is 3. The maximum absolute atomic E-state index is 5.54. The Labute approximate surface area is 153 Å². The Morgan fingerprint density at radius 2 is 2.12 bits per heavy atom. The van der Waals surface area contributed by atoms with E-state index in [9.17, 15) is 0 Å². The van der Waals surface area contributed by atoms with Gasteiger partial charge in [0.15, 0.2) is 11.5 Å². The molecule has 6 nitrogen and oxygen atoms in total. The summed E-state index contributed by atoms with van der Waals surface area (Å²) in [6.45, 7) is 4.94. The second-order valence-electron chi connectivity index (χ2n) is 7.68. The molecular weight excluding hydrogens is 330 g/mol. The molecule has 1 atom stereocenters. The van der Waals surface area contributed by atoms with Crippen LogP contribution in [0, 0.1) is 5.92 Å². The molecule has 2 aliphatic heterocycles. The summed E-state index contributed by atoms with van der Waals surface area (Å²) in [4.78, 5) is 7.20. The molecule has 0 N–H and O–H groups in total. The minimum Gasteiger partial charge on any atom is -0.454 e. The van der Waals surface area contributed by atoms with Crippen LogP contribution in [0.15, 0.2) is 24.5 Å². The normalized spacial score (nSPS) is 21.8. The molecule has 2 aromatic rings. The molecule has 0 unspecified atom stereocenters. The first-order chi connectivity index (χ1) is 12.8. The van der Waals surface area contributed by atoms with Gasteiger partial charge in [-0.3, -0.25) is 4.90 Å². The summed E-state index contributed by atoms with van der Waals surface area (Å²) in [5.74, 6) is 2.91. The average Bonchev–Trinajstić information content (AvgIpc) is 3.17. The summed E-state index contributed by atoms with van der Waals surface area (Å²) in [5, 5.41) is 0. The highest BCUT2D eigenvalue weighted by Gasteiger charge is 2.32. The van der Waals surface area contributed by atoms with Gasteiger partial charge in [-0.1, -0.05) is 6.07 Å². The van der Waals surface area contributed by atoms with Crippen molar-refractivity contribution in [1.82, 2.24) is 14.5 Å².